The molecule has 0 bridgehead atoms. The minimum Gasteiger partial charge on any atom is -0.493 e. The summed E-state index contributed by atoms with van der Waals surface area (Å²) in [6.07, 6.45) is -0.950. The molecule has 7 heteroatoms. The maximum Gasteiger partial charge on any atom is 0.344 e. The first-order chi connectivity index (χ1) is 14.7. The molecule has 0 aliphatic heterocycles. The van der Waals surface area contributed by atoms with Gasteiger partial charge in [0.25, 0.3) is 5.91 Å². The number of nitrogens with one attached hydrogen (secondary N) is 1. The van der Waals surface area contributed by atoms with Gasteiger partial charge in [0.1, 0.15) is 5.75 Å². The Hall–Kier alpha value is -3.22. The van der Waals surface area contributed by atoms with E-state index in [-0.39, 0.29) is 18.6 Å². The molecule has 0 saturated heterocycles. The van der Waals surface area contributed by atoms with Crippen LogP contribution in [0.25, 0.3) is 0 Å². The summed E-state index contributed by atoms with van der Waals surface area (Å²) in [5, 5.41) is 2.74. The van der Waals surface area contributed by atoms with Crippen molar-refractivity contribution < 1.29 is 28.5 Å². The van der Waals surface area contributed by atoms with Crippen LogP contribution in [0, 0.1) is 0 Å². The van der Waals surface area contributed by atoms with Gasteiger partial charge in [0, 0.05) is 6.54 Å². The van der Waals surface area contributed by atoms with E-state index in [2.05, 4.69) is 26.1 Å². The summed E-state index contributed by atoms with van der Waals surface area (Å²) in [5.41, 5.74) is 1.69. The van der Waals surface area contributed by atoms with Gasteiger partial charge < -0.3 is 24.3 Å². The lowest BCUT2D eigenvalue weighted by atomic mass is 9.86. The molecule has 0 aromatic heterocycles. The molecule has 168 valence electrons. The minimum absolute atomic E-state index is 0.127. The first-order valence-corrected chi connectivity index (χ1v) is 10.1. The van der Waals surface area contributed by atoms with Crippen molar-refractivity contribution >= 4 is 11.9 Å². The number of esters is 1. The highest BCUT2D eigenvalue weighted by molar-refractivity contribution is 5.83. The third kappa shape index (κ3) is 6.91. The van der Waals surface area contributed by atoms with Crippen molar-refractivity contribution in [3.8, 4) is 17.2 Å². The van der Waals surface area contributed by atoms with Crippen LogP contribution in [-0.2, 0) is 26.3 Å². The van der Waals surface area contributed by atoms with Crippen LogP contribution in [0.3, 0.4) is 0 Å². The summed E-state index contributed by atoms with van der Waals surface area (Å²) in [6, 6.07) is 12.9. The van der Waals surface area contributed by atoms with Gasteiger partial charge in [-0.3, -0.25) is 4.79 Å². The van der Waals surface area contributed by atoms with E-state index in [0.717, 1.165) is 11.1 Å². The number of hydrogen-bond acceptors (Lipinski definition) is 6. The van der Waals surface area contributed by atoms with Gasteiger partial charge in [-0.2, -0.15) is 0 Å². The summed E-state index contributed by atoms with van der Waals surface area (Å²) >= 11 is 0. The van der Waals surface area contributed by atoms with E-state index in [0.29, 0.717) is 17.2 Å². The average molecular weight is 430 g/mol. The highest BCUT2D eigenvalue weighted by Crippen LogP contribution is 2.31. The molecule has 7 nitrogen and oxygen atoms in total. The van der Waals surface area contributed by atoms with E-state index in [9.17, 15) is 9.59 Å². The number of carbonyl (C=O) groups excluding carboxylic acids is 2. The quantitative estimate of drug-likeness (QED) is 0.613. The molecule has 2 aromatic carbocycles. The minimum atomic E-state index is -0.950. The fourth-order valence-electron chi connectivity index (χ4n) is 2.96. The van der Waals surface area contributed by atoms with Crippen molar-refractivity contribution in [2.24, 2.45) is 0 Å². The molecule has 0 unspecified atom stereocenters. The zero-order chi connectivity index (χ0) is 23.0. The third-order valence-corrected chi connectivity index (χ3v) is 4.63. The molecule has 0 aliphatic carbocycles. The van der Waals surface area contributed by atoms with Gasteiger partial charge in [0.2, 0.25) is 0 Å². The average Bonchev–Trinajstić information content (AvgIpc) is 2.75. The van der Waals surface area contributed by atoms with Crippen LogP contribution in [0.1, 0.15) is 38.8 Å². The number of carbonyl (C=O) groups is 2. The second-order valence-corrected chi connectivity index (χ2v) is 8.07. The second kappa shape index (κ2) is 10.7. The molecule has 1 amide bonds. The van der Waals surface area contributed by atoms with Gasteiger partial charge in [-0.05, 0) is 41.7 Å². The van der Waals surface area contributed by atoms with E-state index < -0.39 is 18.0 Å². The van der Waals surface area contributed by atoms with Crippen molar-refractivity contribution in [1.82, 2.24) is 5.32 Å². The molecule has 1 atom stereocenters. The highest BCUT2D eigenvalue weighted by atomic mass is 16.6. The predicted molar refractivity (Wildman–Crippen MR) is 118 cm³/mol. The Morgan fingerprint density at radius 2 is 1.65 bits per heavy atom. The SMILES string of the molecule is COc1ccc(CNC(=O)[C@H](C)OC(=O)COc2ccccc2C(C)(C)C)cc1OC. The van der Waals surface area contributed by atoms with E-state index in [1.165, 1.54) is 6.92 Å². The van der Waals surface area contributed by atoms with E-state index in [1.807, 2.05) is 30.3 Å². The number of methoxy groups -OCH3 is 2. The summed E-state index contributed by atoms with van der Waals surface area (Å²) in [5.74, 6) is 0.780. The molecule has 0 heterocycles. The Labute approximate surface area is 183 Å². The van der Waals surface area contributed by atoms with Crippen LogP contribution in [-0.4, -0.2) is 38.8 Å². The van der Waals surface area contributed by atoms with Crippen LogP contribution in [0.2, 0.25) is 0 Å². The van der Waals surface area contributed by atoms with E-state index in [4.69, 9.17) is 18.9 Å². The van der Waals surface area contributed by atoms with Crippen LogP contribution < -0.4 is 19.5 Å². The van der Waals surface area contributed by atoms with Gasteiger partial charge in [-0.15, -0.1) is 0 Å². The monoisotopic (exact) mass is 429 g/mol. The lowest BCUT2D eigenvalue weighted by molar-refractivity contribution is -0.156. The van der Waals surface area contributed by atoms with Crippen LogP contribution in [0.4, 0.5) is 0 Å². The van der Waals surface area contributed by atoms with E-state index in [1.54, 1.807) is 26.4 Å². The van der Waals surface area contributed by atoms with Crippen molar-refractivity contribution in [1.29, 1.82) is 0 Å². The summed E-state index contributed by atoms with van der Waals surface area (Å²) in [7, 11) is 3.10. The largest absolute Gasteiger partial charge is 0.493 e. The Morgan fingerprint density at radius 1 is 0.968 bits per heavy atom. The molecule has 0 radical (unpaired) electrons. The first kappa shape index (κ1) is 24.1. The molecular weight excluding hydrogens is 398 g/mol. The lowest BCUT2D eigenvalue weighted by Gasteiger charge is -2.22. The Kier molecular flexibility index (Phi) is 8.30. The zero-order valence-corrected chi connectivity index (χ0v) is 19.0. The van der Waals surface area contributed by atoms with Crippen molar-refractivity contribution in [3.63, 3.8) is 0 Å². The normalized spacial score (nSPS) is 11.9. The molecule has 0 fully saturated rings. The molecule has 0 aliphatic rings. The second-order valence-electron chi connectivity index (χ2n) is 8.07. The molecule has 1 N–H and O–H groups in total. The van der Waals surface area contributed by atoms with Gasteiger partial charge in [0.05, 0.1) is 14.2 Å². The Balaban J connectivity index is 1.86. The summed E-state index contributed by atoms with van der Waals surface area (Å²) < 4.78 is 21.3. The standard InChI is InChI=1S/C24H31NO6/c1-16(23(27)25-14-17-11-12-20(28-5)21(13-17)29-6)31-22(26)15-30-19-10-8-7-9-18(19)24(2,3)4/h7-13,16H,14-15H2,1-6H3,(H,25,27)/t16-/m0/s1. The third-order valence-electron chi connectivity index (χ3n) is 4.63. The highest BCUT2D eigenvalue weighted by Gasteiger charge is 2.21. The molecule has 2 aromatic rings. The van der Waals surface area contributed by atoms with E-state index >= 15 is 0 Å². The van der Waals surface area contributed by atoms with Crippen LogP contribution >= 0.6 is 0 Å². The molecular formula is C24H31NO6. The maximum absolute atomic E-state index is 12.3. The summed E-state index contributed by atoms with van der Waals surface area (Å²) in [4.78, 5) is 24.5. The smallest absolute Gasteiger partial charge is 0.344 e. The van der Waals surface area contributed by atoms with Crippen LogP contribution in [0.5, 0.6) is 17.2 Å². The topological polar surface area (TPSA) is 83.1 Å². The van der Waals surface area contributed by atoms with Gasteiger partial charge >= 0.3 is 5.97 Å². The Morgan fingerprint density at radius 3 is 2.29 bits per heavy atom. The summed E-state index contributed by atoms with van der Waals surface area (Å²) in [6.45, 7) is 7.71. The van der Waals surface area contributed by atoms with Gasteiger partial charge in [0.15, 0.2) is 24.2 Å². The molecule has 31 heavy (non-hydrogen) atoms. The predicted octanol–water partition coefficient (Wildman–Crippen LogP) is 3.63. The van der Waals surface area contributed by atoms with Crippen molar-refractivity contribution in [2.45, 2.75) is 45.8 Å². The van der Waals surface area contributed by atoms with Gasteiger partial charge in [-0.1, -0.05) is 45.0 Å². The maximum atomic E-state index is 12.3. The number of ether oxygens (including phenoxy) is 4. The number of para-hydroxylation sites is 1. The molecule has 2 rings (SSSR count). The van der Waals surface area contributed by atoms with Gasteiger partial charge in [-0.25, -0.2) is 4.79 Å². The fourth-order valence-corrected chi connectivity index (χ4v) is 2.96. The number of amides is 1. The number of hydrogen-bond donors (Lipinski definition) is 1. The molecule has 0 spiro atoms. The zero-order valence-electron chi connectivity index (χ0n) is 19.0. The number of benzene rings is 2. The first-order valence-electron chi connectivity index (χ1n) is 10.1. The Bertz CT molecular complexity index is 903. The van der Waals surface area contributed by atoms with Crippen molar-refractivity contribution in [3.05, 3.63) is 53.6 Å². The van der Waals surface area contributed by atoms with Crippen molar-refractivity contribution in [2.75, 3.05) is 20.8 Å². The van der Waals surface area contributed by atoms with Crippen LogP contribution in [0.15, 0.2) is 42.5 Å². The molecule has 0 saturated carbocycles. The lowest BCUT2D eigenvalue weighted by Crippen LogP contribution is -2.36. The fraction of sp³-hybridized carbons (Fsp3) is 0.417. The number of rotatable bonds is 9.